The number of nitrogens with one attached hydrogen (secondary N) is 1. The molecule has 21 heavy (non-hydrogen) atoms. The topological polar surface area (TPSA) is 75.6 Å². The minimum atomic E-state index is -2.90. The van der Waals surface area contributed by atoms with E-state index in [1.807, 2.05) is 5.32 Å². The van der Waals surface area contributed by atoms with E-state index in [0.29, 0.717) is 0 Å². The van der Waals surface area contributed by atoms with Crippen LogP contribution in [0.5, 0.6) is 5.75 Å². The summed E-state index contributed by atoms with van der Waals surface area (Å²) in [6.07, 6.45) is -3.94. The molecule has 116 valence electrons. The van der Waals surface area contributed by atoms with Crippen LogP contribution in [-0.2, 0) is 4.79 Å². The predicted octanol–water partition coefficient (Wildman–Crippen LogP) is 2.06. The number of carbonyl (C=O) groups excluding carboxylic acids is 1. The number of para-hydroxylation sites is 1. The number of carboxylic acids is 1. The van der Waals surface area contributed by atoms with E-state index in [4.69, 9.17) is 9.84 Å². The van der Waals surface area contributed by atoms with Crippen LogP contribution < -0.4 is 10.1 Å². The fraction of sp³-hybridized carbons (Fsp3) is 0.385. The molecule has 0 radical (unpaired) electrons. The van der Waals surface area contributed by atoms with E-state index in [2.05, 4.69) is 0 Å². The molecule has 0 saturated heterocycles. The average Bonchev–Trinajstić information content (AvgIpc) is 2.39. The van der Waals surface area contributed by atoms with E-state index in [9.17, 15) is 22.8 Å². The number of hydrogen-bond acceptors (Lipinski definition) is 3. The number of alkyl halides is 2. The first-order chi connectivity index (χ1) is 9.86. The minimum absolute atomic E-state index is 0.0839. The Labute approximate surface area is 118 Å². The van der Waals surface area contributed by atoms with Crippen molar-refractivity contribution in [2.75, 3.05) is 6.61 Å². The maximum atomic E-state index is 13.6. The Bertz CT molecular complexity index is 522. The first-order valence-electron chi connectivity index (χ1n) is 6.10. The number of amides is 1. The van der Waals surface area contributed by atoms with Crippen LogP contribution in [0.2, 0.25) is 0 Å². The Balaban J connectivity index is 2.97. The average molecular weight is 305 g/mol. The van der Waals surface area contributed by atoms with Crippen LogP contribution in [0.4, 0.5) is 13.2 Å². The second-order valence-corrected chi connectivity index (χ2v) is 4.04. The molecule has 1 aromatic rings. The zero-order chi connectivity index (χ0) is 16.0. The molecule has 0 aliphatic heterocycles. The zero-order valence-corrected chi connectivity index (χ0v) is 11.1. The lowest BCUT2D eigenvalue weighted by Crippen LogP contribution is -2.42. The van der Waals surface area contributed by atoms with Gasteiger partial charge < -0.3 is 15.2 Å². The van der Waals surface area contributed by atoms with Crippen molar-refractivity contribution in [3.05, 3.63) is 29.6 Å². The zero-order valence-electron chi connectivity index (χ0n) is 11.1. The Kier molecular flexibility index (Phi) is 6.01. The van der Waals surface area contributed by atoms with Gasteiger partial charge in [0.25, 0.3) is 5.91 Å². The van der Waals surface area contributed by atoms with Crippen LogP contribution in [0.1, 0.15) is 23.7 Å². The number of carboxylic acid groups (broad SMARTS) is 1. The molecule has 0 saturated carbocycles. The van der Waals surface area contributed by atoms with Gasteiger partial charge in [-0.2, -0.15) is 0 Å². The lowest BCUT2D eigenvalue weighted by molar-refractivity contribution is -0.140. The molecule has 8 heteroatoms. The number of aliphatic carboxylic acids is 1. The Morgan fingerprint density at radius 1 is 1.38 bits per heavy atom. The summed E-state index contributed by atoms with van der Waals surface area (Å²) in [6.45, 7) is 1.66. The third kappa shape index (κ3) is 4.66. The number of carbonyl (C=O) groups is 2. The van der Waals surface area contributed by atoms with Crippen LogP contribution >= 0.6 is 0 Å². The molecule has 1 unspecified atom stereocenters. The highest BCUT2D eigenvalue weighted by molar-refractivity contribution is 5.99. The predicted molar refractivity (Wildman–Crippen MR) is 67.1 cm³/mol. The number of ether oxygens (including phenoxy) is 1. The van der Waals surface area contributed by atoms with Gasteiger partial charge in [-0.25, -0.2) is 18.0 Å². The van der Waals surface area contributed by atoms with Gasteiger partial charge in [0.2, 0.25) is 6.43 Å². The molecule has 0 heterocycles. The van der Waals surface area contributed by atoms with Crippen molar-refractivity contribution >= 4 is 11.9 Å². The smallest absolute Gasteiger partial charge is 0.326 e. The van der Waals surface area contributed by atoms with Gasteiger partial charge >= 0.3 is 5.97 Å². The summed E-state index contributed by atoms with van der Waals surface area (Å²) in [5, 5.41) is 10.7. The summed E-state index contributed by atoms with van der Waals surface area (Å²) in [7, 11) is 0. The number of halogens is 3. The number of benzene rings is 1. The van der Waals surface area contributed by atoms with Crippen LogP contribution in [0.15, 0.2) is 18.2 Å². The van der Waals surface area contributed by atoms with Crippen molar-refractivity contribution in [1.82, 2.24) is 5.32 Å². The van der Waals surface area contributed by atoms with Crippen LogP contribution in [0.3, 0.4) is 0 Å². The monoisotopic (exact) mass is 305 g/mol. The normalized spacial score (nSPS) is 12.0. The van der Waals surface area contributed by atoms with Crippen molar-refractivity contribution in [1.29, 1.82) is 0 Å². The Morgan fingerprint density at radius 2 is 2.05 bits per heavy atom. The standard InChI is InChI=1S/C13H14F3NO4/c1-2-21-11-7(4-3-5-8(11)14)12(18)17-9(13(19)20)6-10(15)16/h3-5,9-10H,2,6H2,1H3,(H,17,18)(H,19,20). The molecule has 2 N–H and O–H groups in total. The minimum Gasteiger partial charge on any atom is -0.490 e. The SMILES string of the molecule is CCOc1c(F)cccc1C(=O)NC(CC(F)F)C(=O)O. The van der Waals surface area contributed by atoms with Gasteiger partial charge in [-0.15, -0.1) is 0 Å². The molecule has 1 rings (SSSR count). The van der Waals surface area contributed by atoms with Crippen LogP contribution in [0, 0.1) is 5.82 Å². The molecule has 0 spiro atoms. The summed E-state index contributed by atoms with van der Waals surface area (Å²) in [6, 6.07) is 1.74. The molecule has 0 aliphatic rings. The molecule has 1 aromatic carbocycles. The van der Waals surface area contributed by atoms with E-state index < -0.39 is 36.6 Å². The van der Waals surface area contributed by atoms with Gasteiger partial charge in [-0.1, -0.05) is 6.07 Å². The third-order valence-corrected chi connectivity index (χ3v) is 2.52. The summed E-state index contributed by atoms with van der Waals surface area (Å²) in [5.41, 5.74) is -0.252. The molecule has 1 atom stereocenters. The number of rotatable bonds is 7. The van der Waals surface area contributed by atoms with Crippen molar-refractivity contribution in [2.24, 2.45) is 0 Å². The molecule has 0 fully saturated rings. The second-order valence-electron chi connectivity index (χ2n) is 4.04. The molecule has 0 aliphatic carbocycles. The van der Waals surface area contributed by atoms with Gasteiger partial charge in [0.15, 0.2) is 11.6 Å². The molecule has 0 aromatic heterocycles. The number of hydrogen-bond donors (Lipinski definition) is 2. The molecule has 0 bridgehead atoms. The first kappa shape index (κ1) is 16.8. The highest BCUT2D eigenvalue weighted by Gasteiger charge is 2.26. The Hall–Kier alpha value is -2.25. The summed E-state index contributed by atoms with van der Waals surface area (Å²) >= 11 is 0. The van der Waals surface area contributed by atoms with Gasteiger partial charge in [-0.05, 0) is 19.1 Å². The third-order valence-electron chi connectivity index (χ3n) is 2.52. The molecular formula is C13H14F3NO4. The maximum absolute atomic E-state index is 13.6. The van der Waals surface area contributed by atoms with Gasteiger partial charge in [0.05, 0.1) is 12.2 Å². The van der Waals surface area contributed by atoms with Gasteiger partial charge in [-0.3, -0.25) is 4.79 Å². The fourth-order valence-corrected chi connectivity index (χ4v) is 1.61. The molecule has 1 amide bonds. The van der Waals surface area contributed by atoms with E-state index in [1.165, 1.54) is 12.1 Å². The van der Waals surface area contributed by atoms with Crippen molar-refractivity contribution in [2.45, 2.75) is 25.8 Å². The maximum Gasteiger partial charge on any atom is 0.326 e. The largest absolute Gasteiger partial charge is 0.490 e. The Morgan fingerprint density at radius 3 is 2.57 bits per heavy atom. The molecule has 5 nitrogen and oxygen atoms in total. The van der Waals surface area contributed by atoms with E-state index in [-0.39, 0.29) is 17.9 Å². The highest BCUT2D eigenvalue weighted by atomic mass is 19.3. The fourth-order valence-electron chi connectivity index (χ4n) is 1.61. The van der Waals surface area contributed by atoms with Gasteiger partial charge in [0.1, 0.15) is 6.04 Å². The second kappa shape index (κ2) is 7.51. The van der Waals surface area contributed by atoms with Crippen molar-refractivity contribution in [3.63, 3.8) is 0 Å². The lowest BCUT2D eigenvalue weighted by atomic mass is 10.1. The van der Waals surface area contributed by atoms with Crippen molar-refractivity contribution < 1.29 is 32.6 Å². The van der Waals surface area contributed by atoms with Crippen LogP contribution in [-0.4, -0.2) is 36.1 Å². The van der Waals surface area contributed by atoms with Crippen LogP contribution in [0.25, 0.3) is 0 Å². The van der Waals surface area contributed by atoms with E-state index >= 15 is 0 Å². The highest BCUT2D eigenvalue weighted by Crippen LogP contribution is 2.23. The molecular weight excluding hydrogens is 291 g/mol. The van der Waals surface area contributed by atoms with Gasteiger partial charge in [0, 0.05) is 6.42 Å². The van der Waals surface area contributed by atoms with E-state index in [0.717, 1.165) is 6.07 Å². The van der Waals surface area contributed by atoms with Crippen molar-refractivity contribution in [3.8, 4) is 5.75 Å². The summed E-state index contributed by atoms with van der Waals surface area (Å²) < 4.78 is 43.1. The summed E-state index contributed by atoms with van der Waals surface area (Å²) in [4.78, 5) is 22.7. The quantitative estimate of drug-likeness (QED) is 0.808. The summed E-state index contributed by atoms with van der Waals surface area (Å²) in [5.74, 6) is -3.74. The van der Waals surface area contributed by atoms with E-state index in [1.54, 1.807) is 6.92 Å². The first-order valence-corrected chi connectivity index (χ1v) is 6.10. The lowest BCUT2D eigenvalue weighted by Gasteiger charge is -2.16.